The number of aliphatic carboxylic acids is 1. The van der Waals surface area contributed by atoms with Gasteiger partial charge in [0.05, 0.1) is 0 Å². The summed E-state index contributed by atoms with van der Waals surface area (Å²) in [5.74, 6) is -0.905. The molecule has 1 heterocycles. The van der Waals surface area contributed by atoms with E-state index in [1.165, 1.54) is 6.40 Å². The van der Waals surface area contributed by atoms with Gasteiger partial charge < -0.3 is 9.84 Å². The third-order valence-corrected chi connectivity index (χ3v) is 1.64. The van der Waals surface area contributed by atoms with E-state index in [0.717, 1.165) is 12.8 Å². The number of ether oxygens (including phenoxy) is 1. The van der Waals surface area contributed by atoms with E-state index >= 15 is 0 Å². The Balaban J connectivity index is 2.49. The van der Waals surface area contributed by atoms with Gasteiger partial charge in [0, 0.05) is 0 Å². The fraction of sp³-hybridized carbons (Fsp3) is 0.714. The SMILES string of the molecule is CCCC1OC=NC1C(=O)O. The Morgan fingerprint density at radius 1 is 1.82 bits per heavy atom. The van der Waals surface area contributed by atoms with Gasteiger partial charge in [0.15, 0.2) is 12.4 Å². The molecule has 1 rings (SSSR count). The van der Waals surface area contributed by atoms with E-state index in [4.69, 9.17) is 9.84 Å². The van der Waals surface area contributed by atoms with Crippen LogP contribution in [0.5, 0.6) is 0 Å². The molecule has 0 saturated heterocycles. The molecular weight excluding hydrogens is 146 g/mol. The maximum absolute atomic E-state index is 10.5. The number of hydrogen-bond donors (Lipinski definition) is 1. The van der Waals surface area contributed by atoms with Crippen molar-refractivity contribution in [2.24, 2.45) is 4.99 Å². The van der Waals surface area contributed by atoms with Crippen molar-refractivity contribution in [1.29, 1.82) is 0 Å². The van der Waals surface area contributed by atoms with Gasteiger partial charge in [-0.25, -0.2) is 9.79 Å². The Labute approximate surface area is 64.9 Å². The van der Waals surface area contributed by atoms with Crippen LogP contribution in [0, 0.1) is 0 Å². The predicted molar refractivity (Wildman–Crippen MR) is 39.7 cm³/mol. The number of hydrogen-bond acceptors (Lipinski definition) is 3. The van der Waals surface area contributed by atoms with Crippen molar-refractivity contribution in [2.45, 2.75) is 31.9 Å². The minimum absolute atomic E-state index is 0.252. The zero-order chi connectivity index (χ0) is 8.27. The standard InChI is InChI=1S/C7H11NO3/c1-2-3-5-6(7(9)10)8-4-11-5/h4-6H,2-3H2,1H3,(H,9,10). The lowest BCUT2D eigenvalue weighted by Crippen LogP contribution is -2.29. The second-order valence-corrected chi connectivity index (χ2v) is 2.50. The maximum Gasteiger partial charge on any atom is 0.332 e. The normalized spacial score (nSPS) is 28.5. The second-order valence-electron chi connectivity index (χ2n) is 2.50. The molecule has 0 spiro atoms. The summed E-state index contributed by atoms with van der Waals surface area (Å²) in [6.07, 6.45) is 2.64. The summed E-state index contributed by atoms with van der Waals surface area (Å²) < 4.78 is 4.99. The highest BCUT2D eigenvalue weighted by molar-refractivity contribution is 5.77. The van der Waals surface area contributed by atoms with E-state index in [1.807, 2.05) is 6.92 Å². The van der Waals surface area contributed by atoms with Gasteiger partial charge in [-0.3, -0.25) is 0 Å². The molecule has 62 valence electrons. The van der Waals surface area contributed by atoms with Crippen LogP contribution in [0.3, 0.4) is 0 Å². The van der Waals surface area contributed by atoms with Crippen molar-refractivity contribution in [1.82, 2.24) is 0 Å². The molecule has 0 radical (unpaired) electrons. The van der Waals surface area contributed by atoms with Gasteiger partial charge in [-0.1, -0.05) is 13.3 Å². The summed E-state index contributed by atoms with van der Waals surface area (Å²) >= 11 is 0. The van der Waals surface area contributed by atoms with Gasteiger partial charge in [-0.05, 0) is 6.42 Å². The topological polar surface area (TPSA) is 58.9 Å². The van der Waals surface area contributed by atoms with Gasteiger partial charge in [-0.15, -0.1) is 0 Å². The molecule has 0 saturated carbocycles. The van der Waals surface area contributed by atoms with Gasteiger partial charge >= 0.3 is 5.97 Å². The fourth-order valence-corrected chi connectivity index (χ4v) is 1.08. The van der Waals surface area contributed by atoms with Crippen LogP contribution in [0.4, 0.5) is 0 Å². The van der Waals surface area contributed by atoms with Crippen molar-refractivity contribution >= 4 is 12.4 Å². The molecule has 4 nitrogen and oxygen atoms in total. The largest absolute Gasteiger partial charge is 0.480 e. The van der Waals surface area contributed by atoms with Crippen molar-refractivity contribution in [3.8, 4) is 0 Å². The molecule has 0 bridgehead atoms. The predicted octanol–water partition coefficient (Wildman–Crippen LogP) is 0.667. The number of nitrogens with zero attached hydrogens (tertiary/aromatic N) is 1. The van der Waals surface area contributed by atoms with E-state index in [-0.39, 0.29) is 6.10 Å². The zero-order valence-corrected chi connectivity index (χ0v) is 6.36. The number of rotatable bonds is 3. The molecule has 2 unspecified atom stereocenters. The van der Waals surface area contributed by atoms with Crippen LogP contribution < -0.4 is 0 Å². The second kappa shape index (κ2) is 3.37. The first-order valence-electron chi connectivity index (χ1n) is 3.65. The molecular formula is C7H11NO3. The Hall–Kier alpha value is -1.06. The molecule has 1 aliphatic heterocycles. The number of carboxylic acids is 1. The van der Waals surface area contributed by atoms with E-state index in [1.54, 1.807) is 0 Å². The van der Waals surface area contributed by atoms with E-state index < -0.39 is 12.0 Å². The first kappa shape index (κ1) is 8.04. The average Bonchev–Trinajstić information content (AvgIpc) is 2.36. The lowest BCUT2D eigenvalue weighted by Gasteiger charge is -2.11. The third kappa shape index (κ3) is 1.69. The Kier molecular flexibility index (Phi) is 2.46. The highest BCUT2D eigenvalue weighted by atomic mass is 16.5. The summed E-state index contributed by atoms with van der Waals surface area (Å²) in [6.45, 7) is 1.99. The van der Waals surface area contributed by atoms with Crippen molar-refractivity contribution in [2.75, 3.05) is 0 Å². The summed E-state index contributed by atoms with van der Waals surface area (Å²) in [5.41, 5.74) is 0. The van der Waals surface area contributed by atoms with Gasteiger partial charge in [0.25, 0.3) is 0 Å². The summed E-state index contributed by atoms with van der Waals surface area (Å²) in [6, 6.07) is -0.685. The minimum atomic E-state index is -0.905. The van der Waals surface area contributed by atoms with Crippen LogP contribution >= 0.6 is 0 Å². The molecule has 1 N–H and O–H groups in total. The molecule has 0 aromatic heterocycles. The number of carbonyl (C=O) groups is 1. The van der Waals surface area contributed by atoms with Crippen LogP contribution in [0.1, 0.15) is 19.8 Å². The Morgan fingerprint density at radius 3 is 3.09 bits per heavy atom. The summed E-state index contributed by atoms with van der Waals surface area (Å²) in [7, 11) is 0. The molecule has 0 fully saturated rings. The molecule has 2 atom stereocenters. The molecule has 0 aromatic carbocycles. The highest BCUT2D eigenvalue weighted by Gasteiger charge is 2.31. The first-order chi connectivity index (χ1) is 5.25. The van der Waals surface area contributed by atoms with Crippen LogP contribution in [-0.4, -0.2) is 29.6 Å². The van der Waals surface area contributed by atoms with Crippen LogP contribution in [0.15, 0.2) is 4.99 Å². The quantitative estimate of drug-likeness (QED) is 0.654. The van der Waals surface area contributed by atoms with Gasteiger partial charge in [0.2, 0.25) is 0 Å². The van der Waals surface area contributed by atoms with Gasteiger partial charge in [-0.2, -0.15) is 0 Å². The lowest BCUT2D eigenvalue weighted by molar-refractivity contribution is -0.140. The minimum Gasteiger partial charge on any atom is -0.480 e. The molecule has 1 aliphatic rings. The smallest absolute Gasteiger partial charge is 0.332 e. The molecule has 4 heteroatoms. The Bertz CT molecular complexity index is 179. The zero-order valence-electron chi connectivity index (χ0n) is 6.36. The highest BCUT2D eigenvalue weighted by Crippen LogP contribution is 2.14. The lowest BCUT2D eigenvalue weighted by atomic mass is 10.1. The maximum atomic E-state index is 10.5. The molecule has 0 aromatic rings. The number of carboxylic acid groups (broad SMARTS) is 1. The fourth-order valence-electron chi connectivity index (χ4n) is 1.08. The third-order valence-electron chi connectivity index (χ3n) is 1.64. The molecule has 0 amide bonds. The van der Waals surface area contributed by atoms with Crippen molar-refractivity contribution < 1.29 is 14.6 Å². The number of aliphatic imine (C=N–C) groups is 1. The molecule has 0 aliphatic carbocycles. The van der Waals surface area contributed by atoms with Crippen molar-refractivity contribution in [3.05, 3.63) is 0 Å². The average molecular weight is 157 g/mol. The van der Waals surface area contributed by atoms with E-state index in [9.17, 15) is 4.79 Å². The van der Waals surface area contributed by atoms with E-state index in [2.05, 4.69) is 4.99 Å². The van der Waals surface area contributed by atoms with Crippen LogP contribution in [-0.2, 0) is 9.53 Å². The van der Waals surface area contributed by atoms with E-state index in [0.29, 0.717) is 0 Å². The summed E-state index contributed by atoms with van der Waals surface area (Å²) in [4.78, 5) is 14.2. The molecule has 11 heavy (non-hydrogen) atoms. The summed E-state index contributed by atoms with van der Waals surface area (Å²) in [5, 5.41) is 8.62. The van der Waals surface area contributed by atoms with Gasteiger partial charge in [0.1, 0.15) is 6.10 Å². The van der Waals surface area contributed by atoms with Crippen LogP contribution in [0.2, 0.25) is 0 Å². The first-order valence-corrected chi connectivity index (χ1v) is 3.65. The monoisotopic (exact) mass is 157 g/mol. The van der Waals surface area contributed by atoms with Crippen molar-refractivity contribution in [3.63, 3.8) is 0 Å². The van der Waals surface area contributed by atoms with Crippen LogP contribution in [0.25, 0.3) is 0 Å². The Morgan fingerprint density at radius 2 is 2.55 bits per heavy atom.